The first kappa shape index (κ1) is 13.5. The summed E-state index contributed by atoms with van der Waals surface area (Å²) in [4.78, 5) is 5.69. The number of hydrogen-bond donors (Lipinski definition) is 1. The smallest absolute Gasteiger partial charge is 0.0931 e. The lowest BCUT2D eigenvalue weighted by Gasteiger charge is -2.17. The average Bonchev–Trinajstić information content (AvgIpc) is 2.76. The van der Waals surface area contributed by atoms with Crippen molar-refractivity contribution in [3.05, 3.63) is 50.9 Å². The summed E-state index contributed by atoms with van der Waals surface area (Å²) < 4.78 is 0.820. The Morgan fingerprint density at radius 3 is 2.83 bits per heavy atom. The van der Waals surface area contributed by atoms with E-state index in [1.54, 1.807) is 11.3 Å². The summed E-state index contributed by atoms with van der Waals surface area (Å²) in [6.07, 6.45) is 2.96. The van der Waals surface area contributed by atoms with Crippen LogP contribution in [0.5, 0.6) is 0 Å². The van der Waals surface area contributed by atoms with Gasteiger partial charge in [0.05, 0.1) is 16.1 Å². The van der Waals surface area contributed by atoms with Gasteiger partial charge in [-0.1, -0.05) is 18.5 Å². The zero-order chi connectivity index (χ0) is 13.0. The Hall–Kier alpha value is -0.900. The van der Waals surface area contributed by atoms with Crippen LogP contribution in [0, 0.1) is 6.92 Å². The molecule has 4 heteroatoms. The maximum absolute atomic E-state index is 6.03. The summed E-state index contributed by atoms with van der Waals surface area (Å²) in [5.41, 5.74) is 2.29. The van der Waals surface area contributed by atoms with Crippen LogP contribution in [0.25, 0.3) is 0 Å². The fourth-order valence-electron chi connectivity index (χ4n) is 1.84. The van der Waals surface area contributed by atoms with E-state index in [-0.39, 0.29) is 6.04 Å². The topological polar surface area (TPSA) is 24.9 Å². The van der Waals surface area contributed by atoms with Gasteiger partial charge in [0.25, 0.3) is 0 Å². The Morgan fingerprint density at radius 1 is 1.39 bits per heavy atom. The first-order chi connectivity index (χ1) is 8.70. The number of thiophene rings is 1. The monoisotopic (exact) mass is 280 g/mol. The van der Waals surface area contributed by atoms with Gasteiger partial charge in [0, 0.05) is 11.1 Å². The molecule has 1 unspecified atom stereocenters. The van der Waals surface area contributed by atoms with Crippen LogP contribution >= 0.6 is 22.9 Å². The second-order valence-corrected chi connectivity index (χ2v) is 6.03. The Bertz CT molecular complexity index is 510. The Kier molecular flexibility index (Phi) is 4.75. The van der Waals surface area contributed by atoms with Gasteiger partial charge in [-0.25, -0.2) is 0 Å². The lowest BCUT2D eigenvalue weighted by Crippen LogP contribution is -2.23. The number of nitrogens with one attached hydrogen (secondary N) is 1. The molecular weight excluding hydrogens is 264 g/mol. The molecule has 2 heterocycles. The summed E-state index contributed by atoms with van der Waals surface area (Å²) in [6, 6.07) is 8.30. The summed E-state index contributed by atoms with van der Waals surface area (Å²) >= 11 is 7.64. The molecular formula is C14H17ClN2S. The van der Waals surface area contributed by atoms with Gasteiger partial charge >= 0.3 is 0 Å². The van der Waals surface area contributed by atoms with Gasteiger partial charge in [-0.3, -0.25) is 4.98 Å². The molecule has 2 aromatic heterocycles. The fourth-order valence-corrected chi connectivity index (χ4v) is 2.99. The average molecular weight is 281 g/mol. The third-order valence-electron chi connectivity index (χ3n) is 2.71. The first-order valence-corrected chi connectivity index (χ1v) is 7.31. The molecule has 0 fully saturated rings. The maximum Gasteiger partial charge on any atom is 0.0931 e. The highest BCUT2D eigenvalue weighted by molar-refractivity contribution is 7.16. The molecule has 0 aliphatic heterocycles. The summed E-state index contributed by atoms with van der Waals surface area (Å²) in [5, 5.41) is 3.53. The SMILES string of the molecule is CCCNC(c1cc(C)ccn1)c1ccc(Cl)s1. The Labute approximate surface area is 117 Å². The first-order valence-electron chi connectivity index (χ1n) is 6.12. The van der Waals surface area contributed by atoms with E-state index in [4.69, 9.17) is 11.6 Å². The molecule has 2 nitrogen and oxygen atoms in total. The van der Waals surface area contributed by atoms with Crippen LogP contribution in [0.2, 0.25) is 4.34 Å². The normalized spacial score (nSPS) is 12.6. The van der Waals surface area contributed by atoms with Crippen molar-refractivity contribution in [2.75, 3.05) is 6.54 Å². The number of aryl methyl sites for hydroxylation is 1. The molecule has 96 valence electrons. The van der Waals surface area contributed by atoms with Gasteiger partial charge in [-0.2, -0.15) is 0 Å². The van der Waals surface area contributed by atoms with Gasteiger partial charge in [-0.15, -0.1) is 11.3 Å². The van der Waals surface area contributed by atoms with E-state index in [1.165, 1.54) is 10.4 Å². The van der Waals surface area contributed by atoms with Crippen molar-refractivity contribution in [2.24, 2.45) is 0 Å². The maximum atomic E-state index is 6.03. The number of aromatic nitrogens is 1. The zero-order valence-electron chi connectivity index (χ0n) is 10.6. The van der Waals surface area contributed by atoms with Crippen molar-refractivity contribution in [3.63, 3.8) is 0 Å². The highest BCUT2D eigenvalue weighted by atomic mass is 35.5. The molecule has 0 aromatic carbocycles. The van der Waals surface area contributed by atoms with E-state index in [0.29, 0.717) is 0 Å². The fraction of sp³-hybridized carbons (Fsp3) is 0.357. The number of hydrogen-bond acceptors (Lipinski definition) is 3. The van der Waals surface area contributed by atoms with Crippen LogP contribution in [-0.2, 0) is 0 Å². The van der Waals surface area contributed by atoms with Crippen LogP contribution in [0.4, 0.5) is 0 Å². The molecule has 2 aromatic rings. The largest absolute Gasteiger partial charge is 0.304 e. The summed E-state index contributed by atoms with van der Waals surface area (Å²) in [7, 11) is 0. The molecule has 0 aliphatic rings. The van der Waals surface area contributed by atoms with Gasteiger partial charge in [0.15, 0.2) is 0 Å². The Morgan fingerprint density at radius 2 is 2.22 bits per heavy atom. The van der Waals surface area contributed by atoms with E-state index in [9.17, 15) is 0 Å². The molecule has 18 heavy (non-hydrogen) atoms. The van der Waals surface area contributed by atoms with Crippen LogP contribution in [0.15, 0.2) is 30.5 Å². The van der Waals surface area contributed by atoms with Crippen LogP contribution in [0.1, 0.15) is 35.5 Å². The molecule has 0 saturated heterocycles. The number of rotatable bonds is 5. The molecule has 0 aliphatic carbocycles. The predicted octanol–water partition coefficient (Wildman–Crippen LogP) is 4.19. The predicted molar refractivity (Wildman–Crippen MR) is 78.4 cm³/mol. The molecule has 1 N–H and O–H groups in total. The quantitative estimate of drug-likeness (QED) is 0.888. The van der Waals surface area contributed by atoms with E-state index < -0.39 is 0 Å². The number of halogens is 1. The Balaban J connectivity index is 2.30. The molecule has 0 saturated carbocycles. The summed E-state index contributed by atoms with van der Waals surface area (Å²) in [5.74, 6) is 0. The highest BCUT2D eigenvalue weighted by Crippen LogP contribution is 2.30. The van der Waals surface area contributed by atoms with Crippen LogP contribution in [-0.4, -0.2) is 11.5 Å². The second kappa shape index (κ2) is 6.32. The molecule has 0 spiro atoms. The minimum atomic E-state index is 0.141. The summed E-state index contributed by atoms with van der Waals surface area (Å²) in [6.45, 7) is 5.22. The third kappa shape index (κ3) is 3.31. The van der Waals surface area contributed by atoms with E-state index in [2.05, 4.69) is 36.3 Å². The van der Waals surface area contributed by atoms with Crippen molar-refractivity contribution < 1.29 is 0 Å². The van der Waals surface area contributed by atoms with E-state index >= 15 is 0 Å². The van der Waals surface area contributed by atoms with Crippen molar-refractivity contribution in [3.8, 4) is 0 Å². The standard InChI is InChI=1S/C14H17ClN2S/c1-3-7-17-14(12-4-5-13(15)18-12)11-9-10(2)6-8-16-11/h4-6,8-9,14,17H,3,7H2,1-2H3. The molecule has 2 rings (SSSR count). The molecule has 0 radical (unpaired) electrons. The highest BCUT2D eigenvalue weighted by Gasteiger charge is 2.16. The number of pyridine rings is 1. The van der Waals surface area contributed by atoms with Gasteiger partial charge in [0.2, 0.25) is 0 Å². The van der Waals surface area contributed by atoms with Gasteiger partial charge in [0.1, 0.15) is 0 Å². The van der Waals surface area contributed by atoms with Crippen molar-refractivity contribution in [1.82, 2.24) is 10.3 Å². The minimum absolute atomic E-state index is 0.141. The number of nitrogens with zero attached hydrogens (tertiary/aromatic N) is 1. The third-order valence-corrected chi connectivity index (χ3v) is 4.01. The lowest BCUT2D eigenvalue weighted by atomic mass is 10.1. The van der Waals surface area contributed by atoms with Gasteiger partial charge < -0.3 is 5.32 Å². The van der Waals surface area contributed by atoms with Gasteiger partial charge in [-0.05, 0) is 49.7 Å². The molecule has 1 atom stereocenters. The lowest BCUT2D eigenvalue weighted by molar-refractivity contribution is 0.593. The minimum Gasteiger partial charge on any atom is -0.304 e. The zero-order valence-corrected chi connectivity index (χ0v) is 12.2. The van der Waals surface area contributed by atoms with Crippen molar-refractivity contribution in [1.29, 1.82) is 0 Å². The van der Waals surface area contributed by atoms with E-state index in [1.807, 2.05) is 18.3 Å². The van der Waals surface area contributed by atoms with Crippen molar-refractivity contribution in [2.45, 2.75) is 26.3 Å². The molecule has 0 bridgehead atoms. The van der Waals surface area contributed by atoms with E-state index in [0.717, 1.165) is 23.0 Å². The van der Waals surface area contributed by atoms with Crippen LogP contribution < -0.4 is 5.32 Å². The van der Waals surface area contributed by atoms with Crippen LogP contribution in [0.3, 0.4) is 0 Å². The second-order valence-electron chi connectivity index (χ2n) is 4.29. The van der Waals surface area contributed by atoms with Crippen molar-refractivity contribution >= 4 is 22.9 Å². The molecule has 0 amide bonds.